The highest BCUT2D eigenvalue weighted by Crippen LogP contribution is 2.36. The highest BCUT2D eigenvalue weighted by molar-refractivity contribution is 8.00. The van der Waals surface area contributed by atoms with E-state index in [1.165, 1.54) is 18.3 Å². The molecule has 1 N–H and O–H groups in total. The van der Waals surface area contributed by atoms with Crippen LogP contribution in [0.25, 0.3) is 12.2 Å². The summed E-state index contributed by atoms with van der Waals surface area (Å²) in [5.41, 5.74) is -3.60. The van der Waals surface area contributed by atoms with E-state index in [0.717, 1.165) is 11.3 Å². The molecule has 3 nitrogen and oxygen atoms in total. The summed E-state index contributed by atoms with van der Waals surface area (Å²) in [7, 11) is 0. The number of thiazole rings is 1. The van der Waals surface area contributed by atoms with Crippen LogP contribution in [0.1, 0.15) is 20.2 Å². The highest BCUT2D eigenvalue weighted by atomic mass is 32.2. The monoisotopic (exact) mass is 331 g/mol. The highest BCUT2D eigenvalue weighted by Gasteiger charge is 2.28. The minimum absolute atomic E-state index is 0.113. The van der Waals surface area contributed by atoms with Gasteiger partial charge in [0, 0.05) is 4.90 Å². The van der Waals surface area contributed by atoms with Gasteiger partial charge in [0.25, 0.3) is 0 Å². The molecule has 1 aromatic carbocycles. The van der Waals surface area contributed by atoms with Gasteiger partial charge in [0.1, 0.15) is 9.88 Å². The van der Waals surface area contributed by atoms with Gasteiger partial charge in [-0.25, -0.2) is 9.78 Å². The first-order chi connectivity index (χ1) is 9.83. The summed E-state index contributed by atoms with van der Waals surface area (Å²) in [4.78, 5) is 14.9. The van der Waals surface area contributed by atoms with Crippen LogP contribution in [0, 0.1) is 0 Å². The number of thioether (sulfide) groups is 1. The van der Waals surface area contributed by atoms with E-state index in [2.05, 4.69) is 4.98 Å². The van der Waals surface area contributed by atoms with E-state index in [4.69, 9.17) is 5.11 Å². The number of carboxylic acid groups (broad SMARTS) is 1. The molecule has 0 atom stereocenters. The number of alkyl halides is 3. The summed E-state index contributed by atoms with van der Waals surface area (Å²) in [6.07, 6.45) is 4.53. The lowest BCUT2D eigenvalue weighted by Gasteiger charge is -2.05. The Morgan fingerprint density at radius 2 is 1.90 bits per heavy atom. The second-order valence-electron chi connectivity index (χ2n) is 3.82. The molecule has 2 rings (SSSR count). The molecule has 2 aromatic rings. The van der Waals surface area contributed by atoms with Crippen molar-refractivity contribution in [2.24, 2.45) is 0 Å². The van der Waals surface area contributed by atoms with Crippen molar-refractivity contribution in [1.82, 2.24) is 4.98 Å². The second-order valence-corrected chi connectivity index (χ2v) is 6.02. The lowest BCUT2D eigenvalue weighted by Crippen LogP contribution is -1.98. The average molecular weight is 331 g/mol. The van der Waals surface area contributed by atoms with Crippen LogP contribution in [-0.4, -0.2) is 21.6 Å². The number of halogens is 3. The lowest BCUT2D eigenvalue weighted by atomic mass is 10.2. The van der Waals surface area contributed by atoms with Crippen molar-refractivity contribution in [3.8, 4) is 0 Å². The molecule has 21 heavy (non-hydrogen) atoms. The van der Waals surface area contributed by atoms with E-state index in [0.29, 0.717) is 10.6 Å². The largest absolute Gasteiger partial charge is 0.477 e. The molecule has 8 heteroatoms. The summed E-state index contributed by atoms with van der Waals surface area (Å²) >= 11 is 0.852. The van der Waals surface area contributed by atoms with E-state index in [-0.39, 0.29) is 21.5 Å². The van der Waals surface area contributed by atoms with Gasteiger partial charge in [0.15, 0.2) is 0 Å². The van der Waals surface area contributed by atoms with Crippen LogP contribution in [0.2, 0.25) is 0 Å². The zero-order chi connectivity index (χ0) is 15.5. The number of nitrogens with zero attached hydrogens (tertiary/aromatic N) is 1. The molecule has 1 aromatic heterocycles. The SMILES string of the molecule is O=C(O)c1cnc(/C=C/c2ccc(SC(F)(F)F)cc2)s1. The van der Waals surface area contributed by atoms with Crippen LogP contribution < -0.4 is 0 Å². The van der Waals surface area contributed by atoms with Crippen molar-refractivity contribution in [1.29, 1.82) is 0 Å². The van der Waals surface area contributed by atoms with Gasteiger partial charge < -0.3 is 5.11 Å². The molecular formula is C13H8F3NO2S2. The fourth-order valence-corrected chi connectivity index (χ4v) is 2.61. The molecule has 1 heterocycles. The van der Waals surface area contributed by atoms with E-state index < -0.39 is 11.5 Å². The zero-order valence-corrected chi connectivity index (χ0v) is 11.9. The molecule has 0 spiro atoms. The molecular weight excluding hydrogens is 323 g/mol. The summed E-state index contributed by atoms with van der Waals surface area (Å²) in [6.45, 7) is 0. The smallest absolute Gasteiger partial charge is 0.446 e. The molecule has 110 valence electrons. The van der Waals surface area contributed by atoms with Crippen LogP contribution >= 0.6 is 23.1 Å². The third kappa shape index (κ3) is 4.91. The van der Waals surface area contributed by atoms with Crippen molar-refractivity contribution >= 4 is 41.2 Å². The molecule has 0 aliphatic carbocycles. The standard InChI is InChI=1S/C13H8F3NO2S2/c14-13(15,16)21-9-4-1-8(2-5-9)3-6-11-17-7-10(20-11)12(18)19/h1-7H,(H,18,19)/b6-3+. The van der Waals surface area contributed by atoms with Gasteiger partial charge >= 0.3 is 11.5 Å². The Bertz CT molecular complexity index is 663. The van der Waals surface area contributed by atoms with Gasteiger partial charge in [-0.3, -0.25) is 0 Å². The number of aromatic carboxylic acids is 1. The van der Waals surface area contributed by atoms with Crippen molar-refractivity contribution in [2.45, 2.75) is 10.4 Å². The van der Waals surface area contributed by atoms with Crippen LogP contribution in [0.15, 0.2) is 35.4 Å². The Morgan fingerprint density at radius 1 is 1.24 bits per heavy atom. The quantitative estimate of drug-likeness (QED) is 0.830. The number of aromatic nitrogens is 1. The number of hydrogen-bond acceptors (Lipinski definition) is 4. The van der Waals surface area contributed by atoms with Crippen molar-refractivity contribution in [3.63, 3.8) is 0 Å². The topological polar surface area (TPSA) is 50.2 Å². The molecule has 0 radical (unpaired) electrons. The maximum atomic E-state index is 12.2. The fraction of sp³-hybridized carbons (Fsp3) is 0.0769. The minimum Gasteiger partial charge on any atom is -0.477 e. The second kappa shape index (κ2) is 6.31. The first kappa shape index (κ1) is 15.6. The third-order valence-corrected chi connectivity index (χ3v) is 3.96. The predicted octanol–water partition coefficient (Wildman–Crippen LogP) is 4.62. The fourth-order valence-electron chi connectivity index (χ4n) is 1.41. The van der Waals surface area contributed by atoms with E-state index in [1.807, 2.05) is 0 Å². The number of carbonyl (C=O) groups is 1. The van der Waals surface area contributed by atoms with Crippen molar-refractivity contribution in [3.05, 3.63) is 45.9 Å². The van der Waals surface area contributed by atoms with Crippen LogP contribution in [-0.2, 0) is 0 Å². The van der Waals surface area contributed by atoms with Gasteiger partial charge in [-0.05, 0) is 35.5 Å². The summed E-state index contributed by atoms with van der Waals surface area (Å²) < 4.78 is 36.5. The molecule has 0 saturated heterocycles. The van der Waals surface area contributed by atoms with E-state index in [9.17, 15) is 18.0 Å². The number of carboxylic acids is 1. The molecule has 0 aliphatic rings. The molecule has 0 amide bonds. The molecule has 0 fully saturated rings. The van der Waals surface area contributed by atoms with E-state index >= 15 is 0 Å². The van der Waals surface area contributed by atoms with Gasteiger partial charge in [-0.2, -0.15) is 13.2 Å². The minimum atomic E-state index is -4.30. The maximum absolute atomic E-state index is 12.2. The van der Waals surface area contributed by atoms with E-state index in [1.54, 1.807) is 24.3 Å². The number of benzene rings is 1. The van der Waals surface area contributed by atoms with Gasteiger partial charge in [0.05, 0.1) is 6.20 Å². The number of rotatable bonds is 4. The zero-order valence-electron chi connectivity index (χ0n) is 10.3. The molecule has 0 unspecified atom stereocenters. The van der Waals surface area contributed by atoms with Crippen LogP contribution in [0.5, 0.6) is 0 Å². The Morgan fingerprint density at radius 3 is 2.43 bits per heavy atom. The van der Waals surface area contributed by atoms with Crippen molar-refractivity contribution < 1.29 is 23.1 Å². The first-order valence-electron chi connectivity index (χ1n) is 5.56. The van der Waals surface area contributed by atoms with Crippen molar-refractivity contribution in [2.75, 3.05) is 0 Å². The molecule has 0 bridgehead atoms. The summed E-state index contributed by atoms with van der Waals surface area (Å²) in [5, 5.41) is 9.27. The Labute approximate surface area is 126 Å². The molecule has 0 aliphatic heterocycles. The summed E-state index contributed by atoms with van der Waals surface area (Å²) in [6, 6.07) is 5.86. The first-order valence-corrected chi connectivity index (χ1v) is 7.20. The van der Waals surface area contributed by atoms with Gasteiger partial charge in [-0.1, -0.05) is 18.2 Å². The van der Waals surface area contributed by atoms with Gasteiger partial charge in [0.2, 0.25) is 0 Å². The molecule has 0 saturated carbocycles. The Balaban J connectivity index is 2.05. The number of hydrogen-bond donors (Lipinski definition) is 1. The van der Waals surface area contributed by atoms with Crippen LogP contribution in [0.4, 0.5) is 13.2 Å². The van der Waals surface area contributed by atoms with Crippen LogP contribution in [0.3, 0.4) is 0 Å². The van der Waals surface area contributed by atoms with Gasteiger partial charge in [-0.15, -0.1) is 11.3 Å². The maximum Gasteiger partial charge on any atom is 0.446 e. The predicted molar refractivity (Wildman–Crippen MR) is 76.4 cm³/mol. The average Bonchev–Trinajstić information content (AvgIpc) is 2.85. The normalized spacial score (nSPS) is 12.0. The lowest BCUT2D eigenvalue weighted by molar-refractivity contribution is -0.0328. The summed E-state index contributed by atoms with van der Waals surface area (Å²) in [5.74, 6) is -1.04. The Hall–Kier alpha value is -1.80. The third-order valence-electron chi connectivity index (χ3n) is 2.27. The Kier molecular flexibility index (Phi) is 4.69.